The molecule has 18 heavy (non-hydrogen) atoms. The van der Waals surface area contributed by atoms with Crippen LogP contribution in [0.15, 0.2) is 30.5 Å². The molecule has 1 heterocycles. The van der Waals surface area contributed by atoms with E-state index in [-0.39, 0.29) is 18.1 Å². The highest BCUT2D eigenvalue weighted by molar-refractivity contribution is 5.36. The lowest BCUT2D eigenvalue weighted by Crippen LogP contribution is -1.97. The number of ether oxygens (including phenoxy) is 1. The van der Waals surface area contributed by atoms with Gasteiger partial charge in [-0.25, -0.2) is 9.37 Å². The molecule has 1 aromatic heterocycles. The van der Waals surface area contributed by atoms with E-state index in [0.29, 0.717) is 5.75 Å². The van der Waals surface area contributed by atoms with Crippen molar-refractivity contribution in [3.8, 4) is 11.6 Å². The van der Waals surface area contributed by atoms with E-state index < -0.39 is 5.82 Å². The Morgan fingerprint density at radius 2 is 2.00 bits per heavy atom. The lowest BCUT2D eigenvalue weighted by molar-refractivity contribution is 0.273. The van der Waals surface area contributed by atoms with Crippen LogP contribution < -0.4 is 4.74 Å². The number of aryl methyl sites for hydroxylation is 2. The van der Waals surface area contributed by atoms with Gasteiger partial charge in [-0.05, 0) is 43.2 Å². The summed E-state index contributed by atoms with van der Waals surface area (Å²) in [5, 5.41) is 8.97. The number of aromatic nitrogens is 1. The maximum atomic E-state index is 13.8. The summed E-state index contributed by atoms with van der Waals surface area (Å²) in [5.41, 5.74) is 2.37. The summed E-state index contributed by atoms with van der Waals surface area (Å²) in [7, 11) is 0. The fourth-order valence-corrected chi connectivity index (χ4v) is 1.54. The number of hydrogen-bond acceptors (Lipinski definition) is 3. The first-order valence-corrected chi connectivity index (χ1v) is 5.61. The van der Waals surface area contributed by atoms with Crippen molar-refractivity contribution in [2.75, 3.05) is 0 Å². The smallest absolute Gasteiger partial charge is 0.256 e. The zero-order valence-corrected chi connectivity index (χ0v) is 10.3. The second-order valence-corrected chi connectivity index (χ2v) is 4.10. The number of halogens is 1. The summed E-state index contributed by atoms with van der Waals surface area (Å²) in [5.74, 6) is -0.220. The molecule has 0 saturated heterocycles. The first kappa shape index (κ1) is 12.5. The summed E-state index contributed by atoms with van der Waals surface area (Å²) in [6.07, 6.45) is 1.41. The Morgan fingerprint density at radius 1 is 1.22 bits per heavy atom. The van der Waals surface area contributed by atoms with Crippen LogP contribution in [-0.2, 0) is 6.61 Å². The van der Waals surface area contributed by atoms with Gasteiger partial charge in [-0.2, -0.15) is 0 Å². The van der Waals surface area contributed by atoms with Crippen molar-refractivity contribution in [2.24, 2.45) is 0 Å². The van der Waals surface area contributed by atoms with Crippen LogP contribution in [-0.4, -0.2) is 10.1 Å². The normalized spacial score (nSPS) is 10.4. The Hall–Kier alpha value is -1.94. The molecule has 0 radical (unpaired) electrons. The molecule has 1 N–H and O–H groups in total. The Bertz CT molecular complexity index is 570. The minimum absolute atomic E-state index is 0.121. The fourth-order valence-electron chi connectivity index (χ4n) is 1.54. The van der Waals surface area contributed by atoms with Gasteiger partial charge >= 0.3 is 0 Å². The van der Waals surface area contributed by atoms with Crippen LogP contribution in [0.1, 0.15) is 16.7 Å². The fraction of sp³-hybridized carbons (Fsp3) is 0.214. The topological polar surface area (TPSA) is 42.4 Å². The third-order valence-electron chi connectivity index (χ3n) is 2.80. The molecule has 0 saturated carbocycles. The van der Waals surface area contributed by atoms with Gasteiger partial charge in [0.2, 0.25) is 0 Å². The SMILES string of the molecule is Cc1ccc(Oc2nccc(CO)c2F)cc1C. The summed E-state index contributed by atoms with van der Waals surface area (Å²) in [6, 6.07) is 6.90. The van der Waals surface area contributed by atoms with Crippen LogP contribution in [0.4, 0.5) is 4.39 Å². The van der Waals surface area contributed by atoms with Gasteiger partial charge in [-0.1, -0.05) is 6.07 Å². The second kappa shape index (κ2) is 5.14. The number of nitrogens with zero attached hydrogens (tertiary/aromatic N) is 1. The van der Waals surface area contributed by atoms with E-state index in [4.69, 9.17) is 9.84 Å². The minimum Gasteiger partial charge on any atom is -0.436 e. The number of aliphatic hydroxyl groups excluding tert-OH is 1. The van der Waals surface area contributed by atoms with Crippen molar-refractivity contribution >= 4 is 0 Å². The average molecular weight is 247 g/mol. The third kappa shape index (κ3) is 2.49. The standard InChI is InChI=1S/C14H14FNO2/c1-9-3-4-12(7-10(9)2)18-14-13(15)11(8-17)5-6-16-14/h3-7,17H,8H2,1-2H3. The van der Waals surface area contributed by atoms with Crippen LogP contribution in [0, 0.1) is 19.7 Å². The highest BCUT2D eigenvalue weighted by atomic mass is 19.1. The van der Waals surface area contributed by atoms with E-state index in [1.54, 1.807) is 6.07 Å². The number of hydrogen-bond donors (Lipinski definition) is 1. The van der Waals surface area contributed by atoms with E-state index in [2.05, 4.69) is 4.98 Å². The molecule has 0 spiro atoms. The van der Waals surface area contributed by atoms with Crippen molar-refractivity contribution in [2.45, 2.75) is 20.5 Å². The van der Waals surface area contributed by atoms with Gasteiger partial charge in [0.05, 0.1) is 6.61 Å². The molecule has 0 bridgehead atoms. The molecule has 0 amide bonds. The molecule has 3 nitrogen and oxygen atoms in total. The minimum atomic E-state index is -0.627. The molecule has 0 unspecified atom stereocenters. The zero-order valence-electron chi connectivity index (χ0n) is 10.3. The molecule has 2 rings (SSSR count). The van der Waals surface area contributed by atoms with E-state index >= 15 is 0 Å². The quantitative estimate of drug-likeness (QED) is 0.906. The van der Waals surface area contributed by atoms with Crippen molar-refractivity contribution in [1.29, 1.82) is 0 Å². The lowest BCUT2D eigenvalue weighted by atomic mass is 10.1. The monoisotopic (exact) mass is 247 g/mol. The molecule has 4 heteroatoms. The Labute approximate surface area is 105 Å². The van der Waals surface area contributed by atoms with Crippen molar-refractivity contribution in [3.05, 3.63) is 53.0 Å². The van der Waals surface area contributed by atoms with Gasteiger partial charge in [-0.3, -0.25) is 0 Å². The number of pyridine rings is 1. The predicted octanol–water partition coefficient (Wildman–Crippen LogP) is 3.12. The van der Waals surface area contributed by atoms with Gasteiger partial charge in [0.15, 0.2) is 5.82 Å². The van der Waals surface area contributed by atoms with Gasteiger partial charge in [0.25, 0.3) is 5.88 Å². The maximum Gasteiger partial charge on any atom is 0.256 e. The Morgan fingerprint density at radius 3 is 2.67 bits per heavy atom. The van der Waals surface area contributed by atoms with E-state index in [1.165, 1.54) is 12.3 Å². The van der Waals surface area contributed by atoms with Crippen LogP contribution in [0.25, 0.3) is 0 Å². The molecule has 0 aliphatic carbocycles. The molecule has 94 valence electrons. The van der Waals surface area contributed by atoms with Crippen LogP contribution in [0.3, 0.4) is 0 Å². The third-order valence-corrected chi connectivity index (χ3v) is 2.80. The first-order chi connectivity index (χ1) is 8.61. The largest absolute Gasteiger partial charge is 0.436 e. The summed E-state index contributed by atoms with van der Waals surface area (Å²) in [6.45, 7) is 3.57. The molecule has 0 aliphatic rings. The van der Waals surface area contributed by atoms with Crippen molar-refractivity contribution in [1.82, 2.24) is 4.98 Å². The molecule has 1 aromatic carbocycles. The van der Waals surface area contributed by atoms with E-state index in [1.807, 2.05) is 26.0 Å². The second-order valence-electron chi connectivity index (χ2n) is 4.10. The molecular formula is C14H14FNO2. The summed E-state index contributed by atoms with van der Waals surface area (Å²) in [4.78, 5) is 3.83. The lowest BCUT2D eigenvalue weighted by Gasteiger charge is -2.09. The molecule has 0 fully saturated rings. The first-order valence-electron chi connectivity index (χ1n) is 5.61. The van der Waals surface area contributed by atoms with Gasteiger partial charge in [-0.15, -0.1) is 0 Å². The summed E-state index contributed by atoms with van der Waals surface area (Å²) >= 11 is 0. The van der Waals surface area contributed by atoms with Crippen molar-refractivity contribution in [3.63, 3.8) is 0 Å². The number of aliphatic hydroxyl groups is 1. The Kier molecular flexibility index (Phi) is 3.58. The van der Waals surface area contributed by atoms with Crippen LogP contribution >= 0.6 is 0 Å². The molecule has 0 atom stereocenters. The number of rotatable bonds is 3. The van der Waals surface area contributed by atoms with Gasteiger partial charge in [0.1, 0.15) is 5.75 Å². The average Bonchev–Trinajstić information content (AvgIpc) is 2.36. The molecular weight excluding hydrogens is 233 g/mol. The number of benzene rings is 1. The van der Waals surface area contributed by atoms with Crippen molar-refractivity contribution < 1.29 is 14.2 Å². The van der Waals surface area contributed by atoms with Crippen LogP contribution in [0.5, 0.6) is 11.6 Å². The van der Waals surface area contributed by atoms with Crippen LogP contribution in [0.2, 0.25) is 0 Å². The summed E-state index contributed by atoms with van der Waals surface area (Å²) < 4.78 is 19.2. The predicted molar refractivity (Wildman–Crippen MR) is 66.1 cm³/mol. The van der Waals surface area contributed by atoms with Gasteiger partial charge in [0, 0.05) is 11.8 Å². The van der Waals surface area contributed by atoms with E-state index in [0.717, 1.165) is 11.1 Å². The molecule has 0 aliphatic heterocycles. The highest BCUT2D eigenvalue weighted by Crippen LogP contribution is 2.25. The Balaban J connectivity index is 2.31. The zero-order chi connectivity index (χ0) is 13.1. The van der Waals surface area contributed by atoms with Gasteiger partial charge < -0.3 is 9.84 Å². The maximum absolute atomic E-state index is 13.8. The van der Waals surface area contributed by atoms with E-state index in [9.17, 15) is 4.39 Å². The highest BCUT2D eigenvalue weighted by Gasteiger charge is 2.11. The molecule has 2 aromatic rings.